The number of carbonyl (C=O) groups is 1. The predicted molar refractivity (Wildman–Crippen MR) is 72.1 cm³/mol. The molecule has 1 aromatic rings. The Bertz CT molecular complexity index is 482. The summed E-state index contributed by atoms with van der Waals surface area (Å²) in [6, 6.07) is 2.83. The van der Waals surface area contributed by atoms with Gasteiger partial charge in [0.1, 0.15) is 5.69 Å². The van der Waals surface area contributed by atoms with E-state index < -0.39 is 0 Å². The summed E-state index contributed by atoms with van der Waals surface area (Å²) in [7, 11) is 1.55. The molecule has 0 fully saturated rings. The zero-order valence-corrected chi connectivity index (χ0v) is 11.8. The van der Waals surface area contributed by atoms with Crippen LogP contribution in [0.1, 0.15) is 31.3 Å². The molecule has 0 unspecified atom stereocenters. The van der Waals surface area contributed by atoms with E-state index in [0.717, 1.165) is 0 Å². The van der Waals surface area contributed by atoms with E-state index in [1.54, 1.807) is 7.11 Å². The highest BCUT2D eigenvalue weighted by atomic mass is 16.5. The molecule has 1 aromatic heterocycles. The van der Waals surface area contributed by atoms with Crippen LogP contribution in [0, 0.1) is 5.92 Å². The Labute approximate surface area is 112 Å². The maximum Gasteiger partial charge on any atom is 0.271 e. The molecule has 0 aliphatic heterocycles. The molecule has 6 nitrogen and oxygen atoms in total. The molecule has 0 spiro atoms. The van der Waals surface area contributed by atoms with Crippen LogP contribution < -0.4 is 10.9 Å². The van der Waals surface area contributed by atoms with Crippen LogP contribution in [0.5, 0.6) is 0 Å². The molecule has 1 amide bonds. The Kier molecular flexibility index (Phi) is 5.69. The van der Waals surface area contributed by atoms with Crippen LogP contribution in [0.2, 0.25) is 0 Å². The minimum Gasteiger partial charge on any atom is -0.383 e. The quantitative estimate of drug-likeness (QED) is 0.822. The number of rotatable bonds is 6. The topological polar surface area (TPSA) is 73.2 Å². The van der Waals surface area contributed by atoms with Crippen molar-refractivity contribution in [3.8, 4) is 0 Å². The largest absolute Gasteiger partial charge is 0.383 e. The van der Waals surface area contributed by atoms with Crippen molar-refractivity contribution in [2.24, 2.45) is 5.92 Å². The minimum atomic E-state index is -0.271. The molecule has 1 N–H and O–H groups in total. The molecule has 0 radical (unpaired) electrons. The third kappa shape index (κ3) is 4.48. The third-order valence-corrected chi connectivity index (χ3v) is 2.97. The summed E-state index contributed by atoms with van der Waals surface area (Å²) < 4.78 is 6.13. The van der Waals surface area contributed by atoms with E-state index >= 15 is 0 Å². The molecule has 19 heavy (non-hydrogen) atoms. The number of carbonyl (C=O) groups excluding carboxylic acids is 1. The first-order chi connectivity index (χ1) is 8.95. The van der Waals surface area contributed by atoms with E-state index in [2.05, 4.69) is 10.4 Å². The summed E-state index contributed by atoms with van der Waals surface area (Å²) in [4.78, 5) is 23.5. The third-order valence-electron chi connectivity index (χ3n) is 2.97. The highest BCUT2D eigenvalue weighted by Crippen LogP contribution is 2.01. The van der Waals surface area contributed by atoms with Gasteiger partial charge in [-0.1, -0.05) is 13.8 Å². The average Bonchev–Trinajstić information content (AvgIpc) is 2.37. The number of nitrogens with one attached hydrogen (secondary N) is 1. The summed E-state index contributed by atoms with van der Waals surface area (Å²) in [5.41, 5.74) is -0.00582. The molecule has 0 aliphatic carbocycles. The number of hydrogen-bond acceptors (Lipinski definition) is 4. The summed E-state index contributed by atoms with van der Waals surface area (Å²) in [6.07, 6.45) is 0. The Morgan fingerprint density at radius 1 is 1.42 bits per heavy atom. The average molecular weight is 267 g/mol. The first kappa shape index (κ1) is 15.4. The summed E-state index contributed by atoms with van der Waals surface area (Å²) >= 11 is 0. The molecule has 106 valence electrons. The van der Waals surface area contributed by atoms with Crippen molar-refractivity contribution >= 4 is 5.91 Å². The van der Waals surface area contributed by atoms with E-state index in [4.69, 9.17) is 4.74 Å². The molecule has 1 heterocycles. The van der Waals surface area contributed by atoms with Gasteiger partial charge in [-0.15, -0.1) is 0 Å². The van der Waals surface area contributed by atoms with Crippen LogP contribution in [-0.4, -0.2) is 35.4 Å². The van der Waals surface area contributed by atoms with Gasteiger partial charge in [0, 0.05) is 19.2 Å². The lowest BCUT2D eigenvalue weighted by molar-refractivity contribution is 0.0921. The van der Waals surface area contributed by atoms with E-state index in [9.17, 15) is 9.59 Å². The van der Waals surface area contributed by atoms with E-state index in [0.29, 0.717) is 19.1 Å². The van der Waals surface area contributed by atoms with Crippen LogP contribution in [0.3, 0.4) is 0 Å². The van der Waals surface area contributed by atoms with E-state index in [1.165, 1.54) is 16.8 Å². The highest BCUT2D eigenvalue weighted by molar-refractivity contribution is 5.92. The molecule has 1 rings (SSSR count). The molecular weight excluding hydrogens is 246 g/mol. The van der Waals surface area contributed by atoms with Crippen LogP contribution in [0.4, 0.5) is 0 Å². The Hall–Kier alpha value is -1.69. The second kappa shape index (κ2) is 7.04. The summed E-state index contributed by atoms with van der Waals surface area (Å²) in [5.74, 6) is 0.0655. The standard InChI is InChI=1S/C13H21N3O3/c1-9(2)10(3)14-13(18)11-5-6-12(17)16(15-11)7-8-19-4/h5-6,9-10H,7-8H2,1-4H3,(H,14,18)/t10-/m1/s1. The zero-order valence-electron chi connectivity index (χ0n) is 11.8. The summed E-state index contributed by atoms with van der Waals surface area (Å²) in [6.45, 7) is 6.69. The molecular formula is C13H21N3O3. The van der Waals surface area contributed by atoms with Gasteiger partial charge in [-0.05, 0) is 18.9 Å². The SMILES string of the molecule is COCCn1nc(C(=O)N[C@H](C)C(C)C)ccc1=O. The lowest BCUT2D eigenvalue weighted by Crippen LogP contribution is -2.37. The highest BCUT2D eigenvalue weighted by Gasteiger charge is 2.14. The predicted octanol–water partition coefficient (Wildman–Crippen LogP) is 0.664. The zero-order chi connectivity index (χ0) is 14.4. The summed E-state index contributed by atoms with van der Waals surface area (Å²) in [5, 5.41) is 6.88. The fraction of sp³-hybridized carbons (Fsp3) is 0.615. The van der Waals surface area contributed by atoms with Crippen molar-refractivity contribution in [2.75, 3.05) is 13.7 Å². The van der Waals surface area contributed by atoms with Gasteiger partial charge in [0.15, 0.2) is 0 Å². The molecule has 0 saturated carbocycles. The van der Waals surface area contributed by atoms with Gasteiger partial charge < -0.3 is 10.1 Å². The van der Waals surface area contributed by atoms with Crippen molar-refractivity contribution < 1.29 is 9.53 Å². The number of aromatic nitrogens is 2. The monoisotopic (exact) mass is 267 g/mol. The van der Waals surface area contributed by atoms with Crippen LogP contribution >= 0.6 is 0 Å². The van der Waals surface area contributed by atoms with Gasteiger partial charge in [-0.2, -0.15) is 5.10 Å². The van der Waals surface area contributed by atoms with Crippen molar-refractivity contribution in [3.05, 3.63) is 28.2 Å². The van der Waals surface area contributed by atoms with Gasteiger partial charge in [-0.3, -0.25) is 9.59 Å². The normalized spacial score (nSPS) is 12.5. The van der Waals surface area contributed by atoms with Gasteiger partial charge >= 0.3 is 0 Å². The molecule has 0 aromatic carbocycles. The number of methoxy groups -OCH3 is 1. The minimum absolute atomic E-state index is 0.0497. The molecule has 6 heteroatoms. The van der Waals surface area contributed by atoms with Crippen molar-refractivity contribution in [1.82, 2.24) is 15.1 Å². The smallest absolute Gasteiger partial charge is 0.271 e. The van der Waals surface area contributed by atoms with Crippen molar-refractivity contribution in [1.29, 1.82) is 0 Å². The van der Waals surface area contributed by atoms with Crippen molar-refractivity contribution in [2.45, 2.75) is 33.4 Å². The first-order valence-corrected chi connectivity index (χ1v) is 6.33. The van der Waals surface area contributed by atoms with E-state index in [-0.39, 0.29) is 23.2 Å². The van der Waals surface area contributed by atoms with Crippen molar-refractivity contribution in [3.63, 3.8) is 0 Å². The second-order valence-corrected chi connectivity index (χ2v) is 4.78. The lowest BCUT2D eigenvalue weighted by atomic mass is 10.1. The number of nitrogens with zero attached hydrogens (tertiary/aromatic N) is 2. The van der Waals surface area contributed by atoms with Gasteiger partial charge in [0.05, 0.1) is 13.2 Å². The Balaban J connectivity index is 2.83. The first-order valence-electron chi connectivity index (χ1n) is 6.33. The fourth-order valence-corrected chi connectivity index (χ4v) is 1.36. The maximum atomic E-state index is 12.0. The molecule has 0 bridgehead atoms. The van der Waals surface area contributed by atoms with Crippen LogP contribution in [0.15, 0.2) is 16.9 Å². The second-order valence-electron chi connectivity index (χ2n) is 4.78. The Morgan fingerprint density at radius 3 is 2.68 bits per heavy atom. The number of ether oxygens (including phenoxy) is 1. The lowest BCUT2D eigenvalue weighted by Gasteiger charge is -2.17. The molecule has 1 atom stereocenters. The van der Waals surface area contributed by atoms with Crippen LogP contribution in [-0.2, 0) is 11.3 Å². The van der Waals surface area contributed by atoms with Gasteiger partial charge in [0.25, 0.3) is 11.5 Å². The van der Waals surface area contributed by atoms with Gasteiger partial charge in [-0.25, -0.2) is 4.68 Å². The number of amides is 1. The maximum absolute atomic E-state index is 12.0. The Morgan fingerprint density at radius 2 is 2.11 bits per heavy atom. The van der Waals surface area contributed by atoms with E-state index in [1.807, 2.05) is 20.8 Å². The molecule has 0 saturated heterocycles. The van der Waals surface area contributed by atoms with Gasteiger partial charge in [0.2, 0.25) is 0 Å². The van der Waals surface area contributed by atoms with Crippen LogP contribution in [0.25, 0.3) is 0 Å². The molecule has 0 aliphatic rings. The fourth-order valence-electron chi connectivity index (χ4n) is 1.36. The number of hydrogen-bond donors (Lipinski definition) is 1.